The highest BCUT2D eigenvalue weighted by molar-refractivity contribution is 5.88. The van der Waals surface area contributed by atoms with Gasteiger partial charge >= 0.3 is 5.97 Å². The molecule has 0 aliphatic rings. The molecule has 0 atom stereocenters. The van der Waals surface area contributed by atoms with Crippen LogP contribution in [-0.2, 0) is 17.8 Å². The summed E-state index contributed by atoms with van der Waals surface area (Å²) in [6, 6.07) is 7.38. The predicted octanol–water partition coefficient (Wildman–Crippen LogP) is 2.67. The Balaban J connectivity index is 1.81. The predicted molar refractivity (Wildman–Crippen MR) is 77.0 cm³/mol. The SMILES string of the molecule is Cc1oc(CNC(=O)CCc2ccc(F)cc2)cc1C(=O)O. The molecule has 1 aromatic heterocycles. The Morgan fingerprint density at radius 1 is 1.27 bits per heavy atom. The van der Waals surface area contributed by atoms with Gasteiger partial charge in [0.15, 0.2) is 0 Å². The van der Waals surface area contributed by atoms with E-state index in [0.717, 1.165) is 5.56 Å². The largest absolute Gasteiger partial charge is 0.478 e. The van der Waals surface area contributed by atoms with Crippen LogP contribution in [0.15, 0.2) is 34.7 Å². The quantitative estimate of drug-likeness (QED) is 0.860. The number of rotatable bonds is 6. The fourth-order valence-electron chi connectivity index (χ4n) is 2.03. The van der Waals surface area contributed by atoms with Gasteiger partial charge in [0, 0.05) is 6.42 Å². The monoisotopic (exact) mass is 305 g/mol. The number of aryl methyl sites for hydroxylation is 2. The Bertz CT molecular complexity index is 676. The topological polar surface area (TPSA) is 79.5 Å². The van der Waals surface area contributed by atoms with Gasteiger partial charge in [0.25, 0.3) is 0 Å². The van der Waals surface area contributed by atoms with Crippen molar-refractivity contribution in [1.82, 2.24) is 5.32 Å². The van der Waals surface area contributed by atoms with Gasteiger partial charge in [-0.2, -0.15) is 0 Å². The van der Waals surface area contributed by atoms with Crippen molar-refractivity contribution >= 4 is 11.9 Å². The zero-order valence-electron chi connectivity index (χ0n) is 12.1. The molecule has 5 nitrogen and oxygen atoms in total. The molecule has 0 saturated carbocycles. The van der Waals surface area contributed by atoms with Gasteiger partial charge in [0.05, 0.1) is 6.54 Å². The molecule has 2 rings (SSSR count). The zero-order valence-corrected chi connectivity index (χ0v) is 12.1. The first kappa shape index (κ1) is 15.8. The van der Waals surface area contributed by atoms with Crippen LogP contribution in [0.5, 0.6) is 0 Å². The summed E-state index contributed by atoms with van der Waals surface area (Å²) >= 11 is 0. The van der Waals surface area contributed by atoms with Crippen molar-refractivity contribution in [2.24, 2.45) is 0 Å². The number of benzene rings is 1. The van der Waals surface area contributed by atoms with Crippen LogP contribution in [0.3, 0.4) is 0 Å². The fourth-order valence-corrected chi connectivity index (χ4v) is 2.03. The number of carbonyl (C=O) groups excluding carboxylic acids is 1. The lowest BCUT2D eigenvalue weighted by atomic mass is 10.1. The van der Waals surface area contributed by atoms with Crippen LogP contribution < -0.4 is 5.32 Å². The molecule has 1 amide bonds. The smallest absolute Gasteiger partial charge is 0.339 e. The summed E-state index contributed by atoms with van der Waals surface area (Å²) in [6.07, 6.45) is 0.765. The van der Waals surface area contributed by atoms with E-state index in [1.807, 2.05) is 0 Å². The van der Waals surface area contributed by atoms with Crippen molar-refractivity contribution in [3.05, 3.63) is 58.8 Å². The Labute approximate surface area is 126 Å². The molecular formula is C16H16FNO4. The normalized spacial score (nSPS) is 10.5. The minimum Gasteiger partial charge on any atom is -0.478 e. The lowest BCUT2D eigenvalue weighted by molar-refractivity contribution is -0.121. The molecular weight excluding hydrogens is 289 g/mol. The van der Waals surface area contributed by atoms with Gasteiger partial charge in [-0.3, -0.25) is 4.79 Å². The molecule has 0 saturated heterocycles. The molecule has 0 aliphatic heterocycles. The molecule has 1 aromatic carbocycles. The first-order chi connectivity index (χ1) is 10.5. The number of aromatic carboxylic acids is 1. The third kappa shape index (κ3) is 4.18. The average molecular weight is 305 g/mol. The second-order valence-corrected chi connectivity index (χ2v) is 4.89. The molecule has 2 aromatic rings. The Morgan fingerprint density at radius 2 is 1.95 bits per heavy atom. The zero-order chi connectivity index (χ0) is 16.1. The molecule has 116 valence electrons. The number of amides is 1. The third-order valence-electron chi connectivity index (χ3n) is 3.21. The van der Waals surface area contributed by atoms with Crippen molar-refractivity contribution < 1.29 is 23.5 Å². The van der Waals surface area contributed by atoms with E-state index in [2.05, 4.69) is 5.32 Å². The highest BCUT2D eigenvalue weighted by atomic mass is 19.1. The summed E-state index contributed by atoms with van der Waals surface area (Å²) in [5, 5.41) is 11.6. The maximum absolute atomic E-state index is 12.8. The van der Waals surface area contributed by atoms with Crippen molar-refractivity contribution in [1.29, 1.82) is 0 Å². The molecule has 22 heavy (non-hydrogen) atoms. The Kier molecular flexibility index (Phi) is 4.93. The Morgan fingerprint density at radius 3 is 2.55 bits per heavy atom. The van der Waals surface area contributed by atoms with E-state index in [1.54, 1.807) is 19.1 Å². The van der Waals surface area contributed by atoms with E-state index in [1.165, 1.54) is 18.2 Å². The van der Waals surface area contributed by atoms with Gasteiger partial charge in [-0.1, -0.05) is 12.1 Å². The summed E-state index contributed by atoms with van der Waals surface area (Å²) in [6.45, 7) is 1.69. The minimum atomic E-state index is -1.06. The summed E-state index contributed by atoms with van der Waals surface area (Å²) in [7, 11) is 0. The number of carboxylic acid groups (broad SMARTS) is 1. The van der Waals surface area contributed by atoms with Gasteiger partial charge in [-0.15, -0.1) is 0 Å². The minimum absolute atomic E-state index is 0.0931. The van der Waals surface area contributed by atoms with Crippen molar-refractivity contribution in [3.8, 4) is 0 Å². The molecule has 6 heteroatoms. The summed E-state index contributed by atoms with van der Waals surface area (Å²) in [5.41, 5.74) is 0.967. The van der Waals surface area contributed by atoms with Crippen LogP contribution in [0.1, 0.15) is 33.9 Å². The van der Waals surface area contributed by atoms with Crippen LogP contribution >= 0.6 is 0 Å². The highest BCUT2D eigenvalue weighted by Gasteiger charge is 2.14. The second kappa shape index (κ2) is 6.89. The summed E-state index contributed by atoms with van der Waals surface area (Å²) in [5.74, 6) is -0.853. The van der Waals surface area contributed by atoms with Gasteiger partial charge in [-0.05, 0) is 37.1 Å². The van der Waals surface area contributed by atoms with Crippen LogP contribution in [0, 0.1) is 12.7 Å². The maximum atomic E-state index is 12.8. The average Bonchev–Trinajstić information content (AvgIpc) is 2.86. The molecule has 0 radical (unpaired) electrons. The number of furan rings is 1. The first-order valence-corrected chi connectivity index (χ1v) is 6.79. The molecule has 0 spiro atoms. The number of hydrogen-bond donors (Lipinski definition) is 2. The van der Waals surface area contributed by atoms with E-state index >= 15 is 0 Å². The second-order valence-electron chi connectivity index (χ2n) is 4.89. The summed E-state index contributed by atoms with van der Waals surface area (Å²) in [4.78, 5) is 22.6. The molecule has 0 aliphatic carbocycles. The van der Waals surface area contributed by atoms with Gasteiger partial charge in [0.2, 0.25) is 5.91 Å². The van der Waals surface area contributed by atoms with Crippen LogP contribution in [-0.4, -0.2) is 17.0 Å². The van der Waals surface area contributed by atoms with Crippen molar-refractivity contribution in [2.75, 3.05) is 0 Å². The lowest BCUT2D eigenvalue weighted by Gasteiger charge is -2.03. The highest BCUT2D eigenvalue weighted by Crippen LogP contribution is 2.14. The molecule has 0 bridgehead atoms. The standard InChI is InChI=1S/C16H16FNO4/c1-10-14(16(20)21)8-13(22-10)9-18-15(19)7-4-11-2-5-12(17)6-3-11/h2-3,5-6,8H,4,7,9H2,1H3,(H,18,19)(H,20,21). The first-order valence-electron chi connectivity index (χ1n) is 6.79. The third-order valence-corrected chi connectivity index (χ3v) is 3.21. The van der Waals surface area contributed by atoms with Crippen LogP contribution in [0.2, 0.25) is 0 Å². The number of carbonyl (C=O) groups is 2. The van der Waals surface area contributed by atoms with Gasteiger partial charge < -0.3 is 14.8 Å². The molecule has 2 N–H and O–H groups in total. The van der Waals surface area contributed by atoms with E-state index < -0.39 is 5.97 Å². The van der Waals surface area contributed by atoms with Gasteiger partial charge in [0.1, 0.15) is 22.9 Å². The van der Waals surface area contributed by atoms with Crippen LogP contribution in [0.25, 0.3) is 0 Å². The van der Waals surface area contributed by atoms with E-state index in [4.69, 9.17) is 9.52 Å². The molecule has 0 unspecified atom stereocenters. The number of hydrogen-bond acceptors (Lipinski definition) is 3. The van der Waals surface area contributed by atoms with E-state index in [0.29, 0.717) is 17.9 Å². The number of nitrogens with one attached hydrogen (secondary N) is 1. The maximum Gasteiger partial charge on any atom is 0.339 e. The molecule has 0 fully saturated rings. The number of halogens is 1. The Hall–Kier alpha value is -2.63. The van der Waals surface area contributed by atoms with Crippen molar-refractivity contribution in [2.45, 2.75) is 26.3 Å². The van der Waals surface area contributed by atoms with E-state index in [-0.39, 0.29) is 30.3 Å². The van der Waals surface area contributed by atoms with Crippen molar-refractivity contribution in [3.63, 3.8) is 0 Å². The van der Waals surface area contributed by atoms with Gasteiger partial charge in [-0.25, -0.2) is 9.18 Å². The summed E-state index contributed by atoms with van der Waals surface area (Å²) < 4.78 is 18.0. The lowest BCUT2D eigenvalue weighted by Crippen LogP contribution is -2.22. The fraction of sp³-hybridized carbons (Fsp3) is 0.250. The van der Waals surface area contributed by atoms with E-state index in [9.17, 15) is 14.0 Å². The molecule has 1 heterocycles. The number of carboxylic acids is 1. The van der Waals surface area contributed by atoms with Crippen LogP contribution in [0.4, 0.5) is 4.39 Å².